The molecular formula is C15H14BrN3O2. The Kier molecular flexibility index (Phi) is 3.57. The van der Waals surface area contributed by atoms with Crippen LogP contribution in [-0.4, -0.2) is 10.5 Å². The molecule has 2 aromatic heterocycles. The number of nitrogen functional groups attached to an aromatic ring is 1. The number of hydrazine groups is 1. The van der Waals surface area contributed by atoms with Gasteiger partial charge in [-0.15, -0.1) is 0 Å². The SMILES string of the molecule is Cc1cc(Cn2ccc3cc(Br)ccc32)oc1C(=O)NN. The van der Waals surface area contributed by atoms with Crippen LogP contribution >= 0.6 is 15.9 Å². The minimum atomic E-state index is -0.417. The smallest absolute Gasteiger partial charge is 0.301 e. The molecule has 0 saturated carbocycles. The van der Waals surface area contributed by atoms with E-state index in [1.165, 1.54) is 0 Å². The summed E-state index contributed by atoms with van der Waals surface area (Å²) in [6, 6.07) is 10.0. The maximum absolute atomic E-state index is 11.6. The number of fused-ring (bicyclic) bond motifs is 1. The van der Waals surface area contributed by atoms with E-state index in [9.17, 15) is 4.79 Å². The third kappa shape index (κ3) is 2.59. The summed E-state index contributed by atoms with van der Waals surface area (Å²) in [7, 11) is 0. The van der Waals surface area contributed by atoms with E-state index in [0.29, 0.717) is 12.3 Å². The highest BCUT2D eigenvalue weighted by molar-refractivity contribution is 9.10. The molecule has 0 fully saturated rings. The van der Waals surface area contributed by atoms with E-state index < -0.39 is 5.91 Å². The minimum absolute atomic E-state index is 0.256. The van der Waals surface area contributed by atoms with Gasteiger partial charge in [0.15, 0.2) is 5.76 Å². The summed E-state index contributed by atoms with van der Waals surface area (Å²) < 4.78 is 8.71. The molecule has 21 heavy (non-hydrogen) atoms. The van der Waals surface area contributed by atoms with Crippen molar-refractivity contribution in [1.29, 1.82) is 0 Å². The third-order valence-corrected chi connectivity index (χ3v) is 3.86. The number of amides is 1. The maximum atomic E-state index is 11.6. The lowest BCUT2D eigenvalue weighted by atomic mass is 10.2. The Hall–Kier alpha value is -2.05. The van der Waals surface area contributed by atoms with Crippen LogP contribution in [0.4, 0.5) is 0 Å². The van der Waals surface area contributed by atoms with Crippen LogP contribution < -0.4 is 11.3 Å². The molecule has 1 aromatic carbocycles. The van der Waals surface area contributed by atoms with Crippen LogP contribution in [0.1, 0.15) is 21.9 Å². The maximum Gasteiger partial charge on any atom is 0.301 e. The van der Waals surface area contributed by atoms with Crippen LogP contribution in [0.3, 0.4) is 0 Å². The van der Waals surface area contributed by atoms with Gasteiger partial charge in [0, 0.05) is 27.1 Å². The van der Waals surface area contributed by atoms with Gasteiger partial charge in [0.2, 0.25) is 0 Å². The number of halogens is 1. The van der Waals surface area contributed by atoms with Crippen molar-refractivity contribution in [2.75, 3.05) is 0 Å². The summed E-state index contributed by atoms with van der Waals surface area (Å²) in [5.74, 6) is 5.69. The van der Waals surface area contributed by atoms with Crippen LogP contribution in [0, 0.1) is 6.92 Å². The second-order valence-corrected chi connectivity index (χ2v) is 5.76. The van der Waals surface area contributed by atoms with E-state index >= 15 is 0 Å². The third-order valence-electron chi connectivity index (χ3n) is 3.37. The molecule has 0 aliphatic rings. The molecule has 108 valence electrons. The van der Waals surface area contributed by atoms with Crippen LogP contribution in [0.5, 0.6) is 0 Å². The lowest BCUT2D eigenvalue weighted by Gasteiger charge is -2.03. The van der Waals surface area contributed by atoms with Gasteiger partial charge in [-0.05, 0) is 37.3 Å². The average Bonchev–Trinajstić information content (AvgIpc) is 3.02. The predicted molar refractivity (Wildman–Crippen MR) is 83.8 cm³/mol. The van der Waals surface area contributed by atoms with E-state index in [1.54, 1.807) is 0 Å². The molecule has 0 radical (unpaired) electrons. The molecule has 0 aliphatic heterocycles. The Labute approximate surface area is 129 Å². The number of aromatic nitrogens is 1. The highest BCUT2D eigenvalue weighted by atomic mass is 79.9. The van der Waals surface area contributed by atoms with Gasteiger partial charge >= 0.3 is 5.91 Å². The summed E-state index contributed by atoms with van der Waals surface area (Å²) in [5.41, 5.74) is 3.96. The molecule has 0 saturated heterocycles. The van der Waals surface area contributed by atoms with Crippen LogP contribution in [-0.2, 0) is 6.54 Å². The van der Waals surface area contributed by atoms with Crippen molar-refractivity contribution in [3.8, 4) is 0 Å². The zero-order valence-electron chi connectivity index (χ0n) is 11.4. The van der Waals surface area contributed by atoms with E-state index in [4.69, 9.17) is 10.3 Å². The summed E-state index contributed by atoms with van der Waals surface area (Å²) in [4.78, 5) is 11.6. The largest absolute Gasteiger partial charge is 0.454 e. The highest BCUT2D eigenvalue weighted by Crippen LogP contribution is 2.23. The molecule has 0 aliphatic carbocycles. The minimum Gasteiger partial charge on any atom is -0.454 e. The average molecular weight is 348 g/mol. The van der Waals surface area contributed by atoms with Crippen molar-refractivity contribution in [3.63, 3.8) is 0 Å². The van der Waals surface area contributed by atoms with Gasteiger partial charge in [-0.2, -0.15) is 0 Å². The number of hydrogen-bond acceptors (Lipinski definition) is 3. The van der Waals surface area contributed by atoms with Gasteiger partial charge in [0.25, 0.3) is 0 Å². The Morgan fingerprint density at radius 3 is 2.95 bits per heavy atom. The van der Waals surface area contributed by atoms with Crippen LogP contribution in [0.2, 0.25) is 0 Å². The van der Waals surface area contributed by atoms with Gasteiger partial charge in [0.05, 0.1) is 6.54 Å². The van der Waals surface area contributed by atoms with Crippen LogP contribution in [0.15, 0.2) is 45.4 Å². The molecule has 0 atom stereocenters. The molecule has 0 bridgehead atoms. The van der Waals surface area contributed by atoms with Gasteiger partial charge in [0.1, 0.15) is 5.76 Å². The Morgan fingerprint density at radius 2 is 2.19 bits per heavy atom. The van der Waals surface area contributed by atoms with Crippen molar-refractivity contribution in [1.82, 2.24) is 9.99 Å². The normalized spacial score (nSPS) is 11.0. The number of aryl methyl sites for hydroxylation is 1. The second kappa shape index (κ2) is 5.38. The number of carbonyl (C=O) groups is 1. The predicted octanol–water partition coefficient (Wildman–Crippen LogP) is 2.96. The van der Waals surface area contributed by atoms with E-state index in [2.05, 4.69) is 32.0 Å². The number of nitrogens with one attached hydrogen (secondary N) is 1. The standard InChI is InChI=1S/C15H14BrN3O2/c1-9-6-12(21-14(9)15(20)18-17)8-19-5-4-10-7-11(16)2-3-13(10)19/h2-7H,8,17H2,1H3,(H,18,20). The van der Waals surface area contributed by atoms with Crippen molar-refractivity contribution in [3.05, 3.63) is 58.1 Å². The number of nitrogens with two attached hydrogens (primary N) is 1. The molecule has 3 N–H and O–H groups in total. The molecular weight excluding hydrogens is 334 g/mol. The quantitative estimate of drug-likeness (QED) is 0.434. The lowest BCUT2D eigenvalue weighted by molar-refractivity contribution is 0.0923. The van der Waals surface area contributed by atoms with Gasteiger partial charge in [-0.3, -0.25) is 10.2 Å². The van der Waals surface area contributed by atoms with Gasteiger partial charge in [-0.25, -0.2) is 5.84 Å². The van der Waals surface area contributed by atoms with Gasteiger partial charge < -0.3 is 8.98 Å². The number of rotatable bonds is 3. The van der Waals surface area contributed by atoms with Crippen molar-refractivity contribution >= 4 is 32.7 Å². The van der Waals surface area contributed by atoms with Gasteiger partial charge in [-0.1, -0.05) is 15.9 Å². The molecule has 0 spiro atoms. The second-order valence-electron chi connectivity index (χ2n) is 4.85. The zero-order valence-corrected chi connectivity index (χ0v) is 13.0. The first-order valence-electron chi connectivity index (χ1n) is 6.43. The number of nitrogens with zero attached hydrogens (tertiary/aromatic N) is 1. The molecule has 3 rings (SSSR count). The fourth-order valence-corrected chi connectivity index (χ4v) is 2.77. The Balaban J connectivity index is 1.94. The van der Waals surface area contributed by atoms with Crippen molar-refractivity contribution in [2.45, 2.75) is 13.5 Å². The monoisotopic (exact) mass is 347 g/mol. The fourth-order valence-electron chi connectivity index (χ4n) is 2.39. The lowest BCUT2D eigenvalue weighted by Crippen LogP contribution is -2.30. The molecule has 1 amide bonds. The number of carbonyl (C=O) groups excluding carboxylic acids is 1. The first kappa shape index (κ1) is 13.9. The Bertz CT molecular complexity index is 820. The van der Waals surface area contributed by atoms with Crippen molar-refractivity contribution < 1.29 is 9.21 Å². The van der Waals surface area contributed by atoms with E-state index in [-0.39, 0.29) is 5.76 Å². The molecule has 0 unspecified atom stereocenters. The summed E-state index contributed by atoms with van der Waals surface area (Å²) >= 11 is 3.46. The fraction of sp³-hybridized carbons (Fsp3) is 0.133. The molecule has 5 nitrogen and oxygen atoms in total. The number of furan rings is 1. The zero-order chi connectivity index (χ0) is 15.0. The van der Waals surface area contributed by atoms with Crippen LogP contribution in [0.25, 0.3) is 10.9 Å². The number of hydrogen-bond donors (Lipinski definition) is 2. The summed E-state index contributed by atoms with van der Waals surface area (Å²) in [6.45, 7) is 2.38. The molecule has 3 aromatic rings. The summed E-state index contributed by atoms with van der Waals surface area (Å²) in [6.07, 6.45) is 2.00. The van der Waals surface area contributed by atoms with E-state index in [1.807, 2.05) is 37.4 Å². The first-order valence-corrected chi connectivity index (χ1v) is 7.22. The van der Waals surface area contributed by atoms with E-state index in [0.717, 1.165) is 20.9 Å². The topological polar surface area (TPSA) is 73.2 Å². The Morgan fingerprint density at radius 1 is 1.38 bits per heavy atom. The number of benzene rings is 1. The van der Waals surface area contributed by atoms with Crippen molar-refractivity contribution in [2.24, 2.45) is 5.84 Å². The molecule has 2 heterocycles. The first-order chi connectivity index (χ1) is 10.1. The summed E-state index contributed by atoms with van der Waals surface area (Å²) in [5, 5.41) is 1.15. The highest BCUT2D eigenvalue weighted by Gasteiger charge is 2.15. The molecule has 6 heteroatoms.